The second kappa shape index (κ2) is 8.20. The van der Waals surface area contributed by atoms with Gasteiger partial charge in [0, 0.05) is 12.4 Å². The number of carbonyl (C=O) groups is 1. The van der Waals surface area contributed by atoms with Gasteiger partial charge in [-0.1, -0.05) is 30.3 Å². The lowest BCUT2D eigenvalue weighted by atomic mass is 10.0. The Balaban J connectivity index is 1.56. The molecule has 0 bridgehead atoms. The van der Waals surface area contributed by atoms with Gasteiger partial charge in [-0.05, 0) is 47.9 Å². The third-order valence-corrected chi connectivity index (χ3v) is 5.60. The van der Waals surface area contributed by atoms with Gasteiger partial charge < -0.3 is 10.4 Å². The van der Waals surface area contributed by atoms with Crippen LogP contribution >= 0.6 is 11.3 Å². The Labute approximate surface area is 172 Å². The highest BCUT2D eigenvalue weighted by atomic mass is 32.1. The zero-order valence-corrected chi connectivity index (χ0v) is 16.5. The Bertz CT molecular complexity index is 1140. The van der Waals surface area contributed by atoms with Crippen LogP contribution in [0.4, 0.5) is 5.95 Å². The molecule has 0 saturated carbocycles. The first-order chi connectivity index (χ1) is 14.1. The highest BCUT2D eigenvalue weighted by Gasteiger charge is 2.11. The van der Waals surface area contributed by atoms with Crippen LogP contribution in [0.1, 0.15) is 21.1 Å². The second-order valence-corrected chi connectivity index (χ2v) is 7.50. The first kappa shape index (κ1) is 18.8. The molecule has 6 nitrogen and oxygen atoms in total. The van der Waals surface area contributed by atoms with Crippen LogP contribution in [-0.2, 0) is 6.54 Å². The lowest BCUT2D eigenvalue weighted by Crippen LogP contribution is -2.02. The van der Waals surface area contributed by atoms with Gasteiger partial charge in [0.1, 0.15) is 5.01 Å². The average molecular weight is 402 g/mol. The highest BCUT2D eigenvalue weighted by Crippen LogP contribution is 2.33. The van der Waals surface area contributed by atoms with E-state index in [4.69, 9.17) is 5.11 Å². The van der Waals surface area contributed by atoms with Crippen molar-refractivity contribution in [3.05, 3.63) is 83.3 Å². The van der Waals surface area contributed by atoms with Crippen LogP contribution in [0, 0.1) is 6.92 Å². The van der Waals surface area contributed by atoms with E-state index in [1.165, 1.54) is 0 Å². The smallest absolute Gasteiger partial charge is 0.335 e. The molecule has 2 N–H and O–H groups in total. The molecule has 144 valence electrons. The Morgan fingerprint density at radius 2 is 1.72 bits per heavy atom. The van der Waals surface area contributed by atoms with Crippen molar-refractivity contribution in [2.45, 2.75) is 13.5 Å². The van der Waals surface area contributed by atoms with Gasteiger partial charge in [0.2, 0.25) is 5.95 Å². The topological polar surface area (TPSA) is 88.0 Å². The van der Waals surface area contributed by atoms with E-state index in [0.29, 0.717) is 12.5 Å². The van der Waals surface area contributed by atoms with Gasteiger partial charge >= 0.3 is 5.97 Å². The highest BCUT2D eigenvalue weighted by molar-refractivity contribution is 7.15. The van der Waals surface area contributed by atoms with Crippen molar-refractivity contribution < 1.29 is 9.90 Å². The molecule has 0 radical (unpaired) electrons. The van der Waals surface area contributed by atoms with Gasteiger partial charge in [-0.25, -0.2) is 19.7 Å². The molecule has 0 spiro atoms. The molecule has 2 heterocycles. The summed E-state index contributed by atoms with van der Waals surface area (Å²) in [6.07, 6.45) is 3.39. The van der Waals surface area contributed by atoms with E-state index < -0.39 is 5.97 Å². The van der Waals surface area contributed by atoms with Crippen LogP contribution in [-0.4, -0.2) is 26.0 Å². The molecule has 0 fully saturated rings. The molecule has 7 heteroatoms. The molecule has 0 aliphatic carbocycles. The number of nitrogens with zero attached hydrogens (tertiary/aromatic N) is 3. The van der Waals surface area contributed by atoms with E-state index in [2.05, 4.69) is 32.4 Å². The fraction of sp³-hybridized carbons (Fsp3) is 0.0909. The minimum absolute atomic E-state index is 0.280. The first-order valence-corrected chi connectivity index (χ1v) is 9.83. The van der Waals surface area contributed by atoms with Crippen LogP contribution < -0.4 is 5.32 Å². The number of thiazole rings is 1. The number of hydrogen-bond acceptors (Lipinski definition) is 6. The van der Waals surface area contributed by atoms with E-state index in [0.717, 1.165) is 32.3 Å². The fourth-order valence-electron chi connectivity index (χ4n) is 2.99. The average Bonchev–Trinajstić information content (AvgIpc) is 3.14. The molecule has 0 saturated heterocycles. The summed E-state index contributed by atoms with van der Waals surface area (Å²) >= 11 is 1.64. The fourth-order valence-corrected chi connectivity index (χ4v) is 3.99. The Hall–Kier alpha value is -3.58. The van der Waals surface area contributed by atoms with Crippen LogP contribution in [0.15, 0.2) is 67.0 Å². The molecule has 29 heavy (non-hydrogen) atoms. The summed E-state index contributed by atoms with van der Waals surface area (Å²) in [6.45, 7) is 2.56. The lowest BCUT2D eigenvalue weighted by Gasteiger charge is -2.05. The summed E-state index contributed by atoms with van der Waals surface area (Å²) in [5.74, 6) is -0.346. The van der Waals surface area contributed by atoms with E-state index in [1.807, 2.05) is 31.2 Å². The van der Waals surface area contributed by atoms with Crippen LogP contribution in [0.3, 0.4) is 0 Å². The second-order valence-electron chi connectivity index (χ2n) is 6.41. The number of aromatic carboxylic acids is 1. The number of nitrogens with one attached hydrogen (secondary N) is 1. The van der Waals surface area contributed by atoms with Crippen LogP contribution in [0.25, 0.3) is 21.6 Å². The summed E-state index contributed by atoms with van der Waals surface area (Å²) < 4.78 is 0. The van der Waals surface area contributed by atoms with E-state index in [1.54, 1.807) is 41.9 Å². The van der Waals surface area contributed by atoms with Gasteiger partial charge in [-0.3, -0.25) is 0 Å². The number of aryl methyl sites for hydroxylation is 1. The molecule has 0 amide bonds. The standard InChI is InChI=1S/C22H18N4O2S/c1-14-20(29-19(26-14)13-25-22-23-10-3-11-24-22)18-5-2-4-17(12-18)15-6-8-16(9-7-15)21(27)28/h2-12H,13H2,1H3,(H,27,28)(H,23,24,25). The van der Waals surface area contributed by atoms with E-state index >= 15 is 0 Å². The molecule has 0 unspecified atom stereocenters. The minimum atomic E-state index is -0.923. The van der Waals surface area contributed by atoms with Gasteiger partial charge in [-0.2, -0.15) is 0 Å². The zero-order valence-electron chi connectivity index (χ0n) is 15.7. The number of benzene rings is 2. The Morgan fingerprint density at radius 1 is 1.00 bits per heavy atom. The molecule has 0 aliphatic rings. The maximum Gasteiger partial charge on any atom is 0.335 e. The number of rotatable bonds is 6. The molecule has 4 rings (SSSR count). The third-order valence-electron chi connectivity index (χ3n) is 4.39. The van der Waals surface area contributed by atoms with Gasteiger partial charge in [0.25, 0.3) is 0 Å². The molecule has 4 aromatic rings. The van der Waals surface area contributed by atoms with Crippen molar-refractivity contribution in [3.8, 4) is 21.6 Å². The summed E-state index contributed by atoms with van der Waals surface area (Å²) in [6, 6.07) is 16.9. The van der Waals surface area contributed by atoms with E-state index in [-0.39, 0.29) is 5.56 Å². The number of anilines is 1. The summed E-state index contributed by atoms with van der Waals surface area (Å²) in [7, 11) is 0. The van der Waals surface area contributed by atoms with Crippen LogP contribution in [0.5, 0.6) is 0 Å². The molecular formula is C22H18N4O2S. The molecule has 0 atom stereocenters. The SMILES string of the molecule is Cc1nc(CNc2ncccn2)sc1-c1cccc(-c2ccc(C(=O)O)cc2)c1. The molecular weight excluding hydrogens is 384 g/mol. The number of carboxylic acids is 1. The Kier molecular flexibility index (Phi) is 5.31. The number of hydrogen-bond donors (Lipinski definition) is 2. The van der Waals surface area contributed by atoms with Crippen molar-refractivity contribution in [1.29, 1.82) is 0 Å². The molecule has 2 aromatic carbocycles. The normalized spacial score (nSPS) is 10.7. The lowest BCUT2D eigenvalue weighted by molar-refractivity contribution is 0.0697. The van der Waals surface area contributed by atoms with Gasteiger partial charge in [-0.15, -0.1) is 11.3 Å². The van der Waals surface area contributed by atoms with Crippen LogP contribution in [0.2, 0.25) is 0 Å². The van der Waals surface area contributed by atoms with Crippen molar-refractivity contribution in [3.63, 3.8) is 0 Å². The predicted octanol–water partition coefficient (Wildman–Crippen LogP) is 4.89. The summed E-state index contributed by atoms with van der Waals surface area (Å²) in [5, 5.41) is 13.2. The number of aromatic nitrogens is 3. The predicted molar refractivity (Wildman–Crippen MR) is 114 cm³/mol. The molecule has 0 aliphatic heterocycles. The largest absolute Gasteiger partial charge is 0.478 e. The zero-order chi connectivity index (χ0) is 20.2. The maximum absolute atomic E-state index is 11.1. The Morgan fingerprint density at radius 3 is 2.45 bits per heavy atom. The number of carboxylic acid groups (broad SMARTS) is 1. The third kappa shape index (κ3) is 4.30. The summed E-state index contributed by atoms with van der Waals surface area (Å²) in [4.78, 5) is 25.2. The maximum atomic E-state index is 11.1. The van der Waals surface area contributed by atoms with E-state index in [9.17, 15) is 4.79 Å². The van der Waals surface area contributed by atoms with Crippen molar-refractivity contribution in [2.75, 3.05) is 5.32 Å². The summed E-state index contributed by atoms with van der Waals surface area (Å²) in [5.41, 5.74) is 4.34. The van der Waals surface area contributed by atoms with Crippen molar-refractivity contribution >= 4 is 23.3 Å². The monoisotopic (exact) mass is 402 g/mol. The van der Waals surface area contributed by atoms with Crippen molar-refractivity contribution in [2.24, 2.45) is 0 Å². The first-order valence-electron chi connectivity index (χ1n) is 9.01. The van der Waals surface area contributed by atoms with Gasteiger partial charge in [0.05, 0.1) is 22.7 Å². The van der Waals surface area contributed by atoms with Crippen molar-refractivity contribution in [1.82, 2.24) is 15.0 Å². The minimum Gasteiger partial charge on any atom is -0.478 e. The quantitative estimate of drug-likeness (QED) is 0.478. The van der Waals surface area contributed by atoms with Gasteiger partial charge in [0.15, 0.2) is 0 Å². The molecule has 2 aromatic heterocycles.